The molecule has 0 aliphatic carbocycles. The van der Waals surface area contributed by atoms with Gasteiger partial charge in [0.05, 0.1) is 12.6 Å². The molecule has 0 bridgehead atoms. The summed E-state index contributed by atoms with van der Waals surface area (Å²) in [6.07, 6.45) is 0. The second kappa shape index (κ2) is 5.63. The normalized spacial score (nSPS) is 12.2. The van der Waals surface area contributed by atoms with Gasteiger partial charge < -0.3 is 5.73 Å². The molecule has 5 nitrogen and oxygen atoms in total. The Morgan fingerprint density at radius 1 is 0.950 bits per heavy atom. The van der Waals surface area contributed by atoms with E-state index in [0.29, 0.717) is 12.4 Å². The molecule has 0 aliphatic heterocycles. The largest absolute Gasteiger partial charge is 0.322 e. The fourth-order valence-electron chi connectivity index (χ4n) is 2.00. The van der Waals surface area contributed by atoms with Crippen molar-refractivity contribution in [3.63, 3.8) is 0 Å². The maximum atomic E-state index is 6.15. The minimum atomic E-state index is -0.144. The van der Waals surface area contributed by atoms with E-state index in [4.69, 9.17) is 5.73 Å². The highest BCUT2D eigenvalue weighted by atomic mass is 15.6. The van der Waals surface area contributed by atoms with Crippen molar-refractivity contribution in [1.29, 1.82) is 0 Å². The van der Waals surface area contributed by atoms with E-state index < -0.39 is 0 Å². The van der Waals surface area contributed by atoms with Gasteiger partial charge in [-0.1, -0.05) is 60.7 Å². The van der Waals surface area contributed by atoms with Crippen LogP contribution in [0.4, 0.5) is 0 Å². The molecule has 20 heavy (non-hydrogen) atoms. The number of hydrogen-bond donors (Lipinski definition) is 1. The summed E-state index contributed by atoms with van der Waals surface area (Å²) in [5.74, 6) is 0.617. The van der Waals surface area contributed by atoms with Crippen molar-refractivity contribution in [2.45, 2.75) is 12.6 Å². The average Bonchev–Trinajstić information content (AvgIpc) is 2.97. The van der Waals surface area contributed by atoms with Gasteiger partial charge in [-0.2, -0.15) is 4.80 Å². The SMILES string of the molecule is NC(Cn1nnc(-c2ccccc2)n1)c1ccccc1. The summed E-state index contributed by atoms with van der Waals surface area (Å²) in [6.45, 7) is 0.504. The lowest BCUT2D eigenvalue weighted by molar-refractivity contribution is 0.464. The van der Waals surface area contributed by atoms with Gasteiger partial charge in [0.15, 0.2) is 0 Å². The molecule has 1 atom stereocenters. The van der Waals surface area contributed by atoms with E-state index in [1.54, 1.807) is 4.80 Å². The minimum Gasteiger partial charge on any atom is -0.322 e. The molecule has 100 valence electrons. The van der Waals surface area contributed by atoms with Crippen molar-refractivity contribution in [3.05, 3.63) is 66.2 Å². The molecule has 0 amide bonds. The Balaban J connectivity index is 1.75. The highest BCUT2D eigenvalue weighted by molar-refractivity contribution is 5.52. The van der Waals surface area contributed by atoms with E-state index in [0.717, 1.165) is 11.1 Å². The Hall–Kier alpha value is -2.53. The third-order valence-corrected chi connectivity index (χ3v) is 3.07. The summed E-state index contributed by atoms with van der Waals surface area (Å²) in [5, 5.41) is 12.5. The Labute approximate surface area is 117 Å². The molecule has 3 rings (SSSR count). The van der Waals surface area contributed by atoms with Gasteiger partial charge in [0.1, 0.15) is 0 Å². The van der Waals surface area contributed by atoms with Crippen LogP contribution < -0.4 is 5.73 Å². The van der Waals surface area contributed by atoms with Gasteiger partial charge >= 0.3 is 0 Å². The van der Waals surface area contributed by atoms with Crippen LogP contribution in [-0.2, 0) is 6.54 Å². The van der Waals surface area contributed by atoms with E-state index >= 15 is 0 Å². The van der Waals surface area contributed by atoms with Gasteiger partial charge in [0.25, 0.3) is 0 Å². The topological polar surface area (TPSA) is 69.6 Å². The standard InChI is InChI=1S/C15H15N5/c16-14(12-7-3-1-4-8-12)11-20-18-15(17-19-20)13-9-5-2-6-10-13/h1-10,14H,11,16H2. The van der Waals surface area contributed by atoms with Crippen LogP contribution in [0.2, 0.25) is 0 Å². The lowest BCUT2D eigenvalue weighted by Crippen LogP contribution is -2.19. The number of nitrogens with two attached hydrogens (primary N) is 1. The maximum absolute atomic E-state index is 6.15. The molecule has 0 saturated carbocycles. The number of tetrazole rings is 1. The fraction of sp³-hybridized carbons (Fsp3) is 0.133. The van der Waals surface area contributed by atoms with Gasteiger partial charge in [-0.3, -0.25) is 0 Å². The van der Waals surface area contributed by atoms with Crippen molar-refractivity contribution in [2.24, 2.45) is 5.73 Å². The number of aromatic nitrogens is 4. The molecule has 0 radical (unpaired) electrons. The third-order valence-electron chi connectivity index (χ3n) is 3.07. The first-order chi connectivity index (χ1) is 9.83. The second-order valence-corrected chi connectivity index (χ2v) is 4.55. The van der Waals surface area contributed by atoms with Gasteiger partial charge in [-0.25, -0.2) is 0 Å². The Morgan fingerprint density at radius 3 is 2.30 bits per heavy atom. The third kappa shape index (κ3) is 2.73. The van der Waals surface area contributed by atoms with E-state index in [2.05, 4.69) is 15.4 Å². The van der Waals surface area contributed by atoms with Crippen molar-refractivity contribution >= 4 is 0 Å². The molecular weight excluding hydrogens is 250 g/mol. The van der Waals surface area contributed by atoms with Crippen LogP contribution in [0.5, 0.6) is 0 Å². The summed E-state index contributed by atoms with van der Waals surface area (Å²) in [6, 6.07) is 19.5. The fourth-order valence-corrected chi connectivity index (χ4v) is 2.00. The van der Waals surface area contributed by atoms with Crippen LogP contribution in [0.15, 0.2) is 60.7 Å². The quantitative estimate of drug-likeness (QED) is 0.783. The average molecular weight is 265 g/mol. The molecule has 1 heterocycles. The highest BCUT2D eigenvalue weighted by Gasteiger charge is 2.10. The Kier molecular flexibility index (Phi) is 3.52. The van der Waals surface area contributed by atoms with Crippen LogP contribution in [0.3, 0.4) is 0 Å². The summed E-state index contributed by atoms with van der Waals surface area (Å²) in [7, 11) is 0. The van der Waals surface area contributed by atoms with E-state index in [1.165, 1.54) is 0 Å². The molecule has 0 saturated heterocycles. The van der Waals surface area contributed by atoms with Crippen molar-refractivity contribution in [2.75, 3.05) is 0 Å². The van der Waals surface area contributed by atoms with E-state index in [9.17, 15) is 0 Å². The number of hydrogen-bond acceptors (Lipinski definition) is 4. The summed E-state index contributed by atoms with van der Waals surface area (Å²) >= 11 is 0. The first kappa shape index (κ1) is 12.5. The lowest BCUT2D eigenvalue weighted by atomic mass is 10.1. The summed E-state index contributed by atoms with van der Waals surface area (Å²) in [4.78, 5) is 1.54. The van der Waals surface area contributed by atoms with Crippen molar-refractivity contribution < 1.29 is 0 Å². The molecule has 2 aromatic carbocycles. The van der Waals surface area contributed by atoms with Crippen LogP contribution in [0.1, 0.15) is 11.6 Å². The molecule has 0 spiro atoms. The molecule has 3 aromatic rings. The lowest BCUT2D eigenvalue weighted by Gasteiger charge is -2.10. The van der Waals surface area contributed by atoms with Gasteiger partial charge in [0.2, 0.25) is 5.82 Å². The Morgan fingerprint density at radius 2 is 1.60 bits per heavy atom. The predicted octanol–water partition coefficient (Wildman–Crippen LogP) is 2.04. The van der Waals surface area contributed by atoms with Gasteiger partial charge in [-0.15, -0.1) is 10.2 Å². The van der Waals surface area contributed by atoms with E-state index in [-0.39, 0.29) is 6.04 Å². The first-order valence-corrected chi connectivity index (χ1v) is 6.47. The molecular formula is C15H15N5. The minimum absolute atomic E-state index is 0.144. The summed E-state index contributed by atoms with van der Waals surface area (Å²) < 4.78 is 0. The zero-order valence-electron chi connectivity index (χ0n) is 10.9. The van der Waals surface area contributed by atoms with Crippen LogP contribution >= 0.6 is 0 Å². The van der Waals surface area contributed by atoms with Crippen molar-refractivity contribution in [3.8, 4) is 11.4 Å². The van der Waals surface area contributed by atoms with Gasteiger partial charge in [-0.05, 0) is 10.8 Å². The number of rotatable bonds is 4. The first-order valence-electron chi connectivity index (χ1n) is 6.47. The molecule has 2 N–H and O–H groups in total. The van der Waals surface area contributed by atoms with Crippen LogP contribution in [-0.4, -0.2) is 20.2 Å². The number of benzene rings is 2. The second-order valence-electron chi connectivity index (χ2n) is 4.55. The molecule has 0 fully saturated rings. The Bertz CT molecular complexity index is 663. The smallest absolute Gasteiger partial charge is 0.204 e. The zero-order chi connectivity index (χ0) is 13.8. The van der Waals surface area contributed by atoms with Crippen molar-refractivity contribution in [1.82, 2.24) is 20.2 Å². The number of nitrogens with zero attached hydrogens (tertiary/aromatic N) is 4. The summed E-state index contributed by atoms with van der Waals surface area (Å²) in [5.41, 5.74) is 8.16. The molecule has 5 heteroatoms. The van der Waals surface area contributed by atoms with Crippen LogP contribution in [0, 0.1) is 0 Å². The monoisotopic (exact) mass is 265 g/mol. The zero-order valence-corrected chi connectivity index (χ0v) is 10.9. The maximum Gasteiger partial charge on any atom is 0.204 e. The van der Waals surface area contributed by atoms with Crippen LogP contribution in [0.25, 0.3) is 11.4 Å². The van der Waals surface area contributed by atoms with E-state index in [1.807, 2.05) is 60.7 Å². The molecule has 0 aliphatic rings. The molecule has 1 aromatic heterocycles. The molecule has 1 unspecified atom stereocenters. The predicted molar refractivity (Wildman–Crippen MR) is 76.6 cm³/mol. The highest BCUT2D eigenvalue weighted by Crippen LogP contribution is 2.14. The van der Waals surface area contributed by atoms with Gasteiger partial charge in [0, 0.05) is 5.56 Å².